The van der Waals surface area contributed by atoms with Crippen molar-refractivity contribution in [2.45, 2.75) is 19.3 Å². The molecule has 192 valence electrons. The molecule has 4 N–H and O–H groups in total. The summed E-state index contributed by atoms with van der Waals surface area (Å²) >= 11 is 11.5. The predicted octanol–water partition coefficient (Wildman–Crippen LogP) is 9.26. The molecule has 4 aromatic carbocycles. The second-order valence-corrected chi connectivity index (χ2v) is 13.3. The van der Waals surface area contributed by atoms with E-state index in [1.807, 2.05) is 42.5 Å². The van der Waals surface area contributed by atoms with E-state index < -0.39 is 0 Å². The molecule has 0 atom stereocenters. The van der Waals surface area contributed by atoms with Crippen molar-refractivity contribution in [3.63, 3.8) is 0 Å². The molecular weight excluding hydrogens is 832 g/mol. The van der Waals surface area contributed by atoms with Crippen LogP contribution in [0.1, 0.15) is 33.5 Å². The maximum atomic E-state index is 11.2. The minimum Gasteiger partial charge on any atom is -0.354 e. The first-order chi connectivity index (χ1) is 18.3. The molecule has 4 nitrogen and oxygen atoms in total. The van der Waals surface area contributed by atoms with Crippen molar-refractivity contribution in [3.05, 3.63) is 117 Å². The Labute approximate surface area is 265 Å². The van der Waals surface area contributed by atoms with E-state index >= 15 is 0 Å². The number of Topliss-reactive ketones (excluding diaryl/α,β-unsaturated/α-hetero) is 1. The summed E-state index contributed by atoms with van der Waals surface area (Å²) in [6.07, 6.45) is 2.64. The standard InChI is InChI=1S/C15H9BrIN.C9H7BrO.C6H7IN2/c16-9-1-3-11-8(5-9)6-13-12-4-2-10(17)7-14(12)18-15(11)13;10-7-3-1-6-2-4-9(11)8(6)5-7;7-5-2-1-3-6(4-5)9-8/h1-5,7,18H,6H2;1,3,5H,2,4H2;1-4,9H,8H2. The first-order valence-corrected chi connectivity index (χ1v) is 15.7. The molecule has 0 fully saturated rings. The third-order valence-electron chi connectivity index (χ3n) is 6.56. The van der Waals surface area contributed by atoms with Gasteiger partial charge < -0.3 is 10.4 Å². The number of hydrogen-bond acceptors (Lipinski definition) is 3. The molecule has 1 aromatic heterocycles. The molecule has 7 rings (SSSR count). The van der Waals surface area contributed by atoms with Gasteiger partial charge in [0.25, 0.3) is 0 Å². The lowest BCUT2D eigenvalue weighted by atomic mass is 10.1. The van der Waals surface area contributed by atoms with Gasteiger partial charge in [0.1, 0.15) is 0 Å². The van der Waals surface area contributed by atoms with Crippen LogP contribution in [0.5, 0.6) is 0 Å². The SMILES string of the molecule is Brc1ccc2c(c1)Cc1c-2[nH]c2cc(I)ccc12.NNc1cccc(I)c1.O=C1CCc2ccc(Br)cc21. The summed E-state index contributed by atoms with van der Waals surface area (Å²) in [7, 11) is 0. The number of halogens is 4. The summed E-state index contributed by atoms with van der Waals surface area (Å²) < 4.78 is 4.61. The van der Waals surface area contributed by atoms with Crippen LogP contribution >= 0.6 is 77.0 Å². The molecule has 0 bridgehead atoms. The number of hydrazine groups is 1. The van der Waals surface area contributed by atoms with Crippen LogP contribution in [0.3, 0.4) is 0 Å². The van der Waals surface area contributed by atoms with Crippen LogP contribution in [0, 0.1) is 7.14 Å². The summed E-state index contributed by atoms with van der Waals surface area (Å²) in [6, 6.07) is 26.9. The summed E-state index contributed by atoms with van der Waals surface area (Å²) in [4.78, 5) is 14.8. The fourth-order valence-electron chi connectivity index (χ4n) is 4.77. The van der Waals surface area contributed by atoms with E-state index in [0.717, 1.165) is 33.0 Å². The molecule has 0 amide bonds. The Morgan fingerprint density at radius 2 is 1.55 bits per heavy atom. The number of aromatic nitrogens is 1. The molecule has 8 heteroatoms. The number of fused-ring (bicyclic) bond motifs is 6. The zero-order valence-electron chi connectivity index (χ0n) is 20.1. The lowest BCUT2D eigenvalue weighted by Gasteiger charge is -2.00. The average molecular weight is 855 g/mol. The Morgan fingerprint density at radius 1 is 0.789 bits per heavy atom. The fraction of sp³-hybridized carbons (Fsp3) is 0.100. The summed E-state index contributed by atoms with van der Waals surface area (Å²) in [6.45, 7) is 0. The highest BCUT2D eigenvalue weighted by molar-refractivity contribution is 14.1. The van der Waals surface area contributed by atoms with Crippen molar-refractivity contribution in [1.29, 1.82) is 0 Å². The molecule has 5 aromatic rings. The number of aromatic amines is 1. The first kappa shape index (κ1) is 27.8. The van der Waals surface area contributed by atoms with Gasteiger partial charge in [0.15, 0.2) is 5.78 Å². The number of carbonyl (C=O) groups excluding carboxylic acids is 1. The number of benzene rings is 4. The largest absolute Gasteiger partial charge is 0.354 e. The molecule has 0 radical (unpaired) electrons. The number of nitrogens with two attached hydrogens (primary N) is 1. The first-order valence-electron chi connectivity index (χ1n) is 11.9. The number of carbonyl (C=O) groups is 1. The number of nitrogen functional groups attached to an aromatic ring is 1. The number of rotatable bonds is 1. The van der Waals surface area contributed by atoms with Gasteiger partial charge in [-0.3, -0.25) is 10.6 Å². The van der Waals surface area contributed by atoms with E-state index in [1.54, 1.807) is 0 Å². The van der Waals surface area contributed by atoms with Crippen LogP contribution in [0.2, 0.25) is 0 Å². The van der Waals surface area contributed by atoms with Gasteiger partial charge in [-0.05, 0) is 123 Å². The number of anilines is 1. The van der Waals surface area contributed by atoms with E-state index in [2.05, 4.69) is 124 Å². The summed E-state index contributed by atoms with van der Waals surface area (Å²) in [5, 5.41) is 1.36. The Bertz CT molecular complexity index is 1670. The van der Waals surface area contributed by atoms with Crippen LogP contribution in [-0.2, 0) is 12.8 Å². The van der Waals surface area contributed by atoms with Crippen molar-refractivity contribution in [2.24, 2.45) is 5.84 Å². The smallest absolute Gasteiger partial charge is 0.163 e. The van der Waals surface area contributed by atoms with Gasteiger partial charge in [-0.1, -0.05) is 56.1 Å². The highest BCUT2D eigenvalue weighted by Gasteiger charge is 2.23. The Hall–Kier alpha value is -1.73. The molecule has 1 heterocycles. The van der Waals surface area contributed by atoms with E-state index in [1.165, 1.54) is 46.0 Å². The second kappa shape index (κ2) is 12.2. The molecule has 0 saturated heterocycles. The molecule has 0 saturated carbocycles. The van der Waals surface area contributed by atoms with Crippen molar-refractivity contribution in [3.8, 4) is 11.3 Å². The Morgan fingerprint density at radius 3 is 2.32 bits per heavy atom. The third kappa shape index (κ3) is 6.19. The molecule has 0 spiro atoms. The summed E-state index contributed by atoms with van der Waals surface area (Å²) in [5.74, 6) is 5.44. The van der Waals surface area contributed by atoms with Crippen molar-refractivity contribution in [1.82, 2.24) is 4.98 Å². The molecule has 0 unspecified atom stereocenters. The Kier molecular flexibility index (Phi) is 8.93. The number of hydrogen-bond donors (Lipinski definition) is 3. The topological polar surface area (TPSA) is 70.9 Å². The van der Waals surface area contributed by atoms with E-state index in [9.17, 15) is 4.79 Å². The van der Waals surface area contributed by atoms with Crippen LogP contribution in [-0.4, -0.2) is 10.8 Å². The molecular formula is C30H23Br2I2N3O. The number of aryl methyl sites for hydroxylation is 1. The maximum absolute atomic E-state index is 11.2. The third-order valence-corrected chi connectivity index (χ3v) is 8.89. The number of ketones is 1. The molecule has 0 aliphatic heterocycles. The summed E-state index contributed by atoms with van der Waals surface area (Å²) in [5.41, 5.74) is 12.3. The van der Waals surface area contributed by atoms with Gasteiger partial charge >= 0.3 is 0 Å². The zero-order chi connectivity index (χ0) is 26.8. The van der Waals surface area contributed by atoms with Gasteiger partial charge in [-0.25, -0.2) is 0 Å². The lowest BCUT2D eigenvalue weighted by molar-refractivity contribution is 0.0994. The van der Waals surface area contributed by atoms with Gasteiger partial charge in [0, 0.05) is 56.6 Å². The number of nitrogens with one attached hydrogen (secondary N) is 2. The van der Waals surface area contributed by atoms with Gasteiger partial charge in [0.2, 0.25) is 0 Å². The monoisotopic (exact) mass is 853 g/mol. The molecule has 38 heavy (non-hydrogen) atoms. The van der Waals surface area contributed by atoms with Crippen molar-refractivity contribution in [2.75, 3.05) is 5.43 Å². The van der Waals surface area contributed by atoms with Gasteiger partial charge in [0.05, 0.1) is 5.69 Å². The minimum atomic E-state index is 0.279. The molecule has 2 aliphatic carbocycles. The fourth-order valence-corrected chi connectivity index (χ4v) is 6.58. The van der Waals surface area contributed by atoms with E-state index in [4.69, 9.17) is 5.84 Å². The second-order valence-electron chi connectivity index (χ2n) is 9.03. The average Bonchev–Trinajstić information content (AvgIpc) is 3.55. The van der Waals surface area contributed by atoms with Crippen LogP contribution in [0.25, 0.3) is 22.2 Å². The predicted molar refractivity (Wildman–Crippen MR) is 181 cm³/mol. The maximum Gasteiger partial charge on any atom is 0.163 e. The van der Waals surface area contributed by atoms with Gasteiger partial charge in [-0.15, -0.1) is 0 Å². The zero-order valence-corrected chi connectivity index (χ0v) is 27.6. The van der Waals surface area contributed by atoms with E-state index in [0.29, 0.717) is 6.42 Å². The van der Waals surface area contributed by atoms with Crippen LogP contribution < -0.4 is 11.3 Å². The molecule has 2 aliphatic rings. The van der Waals surface area contributed by atoms with Crippen molar-refractivity contribution < 1.29 is 4.79 Å². The normalized spacial score (nSPS) is 12.6. The van der Waals surface area contributed by atoms with E-state index in [-0.39, 0.29) is 5.78 Å². The van der Waals surface area contributed by atoms with Gasteiger partial charge in [-0.2, -0.15) is 0 Å². The Balaban J connectivity index is 0.000000126. The quantitative estimate of drug-likeness (QED) is 0.0878. The lowest BCUT2D eigenvalue weighted by Crippen LogP contribution is -2.06. The van der Waals surface area contributed by atoms with Crippen LogP contribution in [0.15, 0.2) is 87.8 Å². The van der Waals surface area contributed by atoms with Crippen LogP contribution in [0.4, 0.5) is 5.69 Å². The number of H-pyrrole nitrogens is 1. The van der Waals surface area contributed by atoms with Crippen molar-refractivity contribution >= 4 is 99.4 Å². The highest BCUT2D eigenvalue weighted by Crippen LogP contribution is 2.41. The minimum absolute atomic E-state index is 0.279. The highest BCUT2D eigenvalue weighted by atomic mass is 127.